The summed E-state index contributed by atoms with van der Waals surface area (Å²) in [5.41, 5.74) is 0.357. The summed E-state index contributed by atoms with van der Waals surface area (Å²) in [6.07, 6.45) is 8.51. The zero-order valence-electron chi connectivity index (χ0n) is 9.03. The number of allylic oxidation sites excluding steroid dienone is 2. The minimum Gasteiger partial charge on any atom is -0.489 e. The third kappa shape index (κ3) is 5.57. The molecule has 0 unspecified atom stereocenters. The molecule has 3 heteroatoms. The van der Waals surface area contributed by atoms with Crippen molar-refractivity contribution in [2.75, 3.05) is 6.61 Å². The zero-order valence-corrected chi connectivity index (χ0v) is 9.03. The van der Waals surface area contributed by atoms with Gasteiger partial charge in [0.05, 0.1) is 11.7 Å². The molecule has 1 N–H and O–H groups in total. The molecular formula is C12H15NO2. The summed E-state index contributed by atoms with van der Waals surface area (Å²) in [7, 11) is 0. The van der Waals surface area contributed by atoms with Gasteiger partial charge in [0.15, 0.2) is 0 Å². The fourth-order valence-electron chi connectivity index (χ4n) is 0.915. The highest BCUT2D eigenvalue weighted by molar-refractivity contribution is 5.41. The number of terminal acetylenes is 1. The Hall–Kier alpha value is -1.71. The number of ether oxygens (including phenoxy) is 1. The van der Waals surface area contributed by atoms with Crippen LogP contribution in [0.3, 0.4) is 0 Å². The quantitative estimate of drug-likeness (QED) is 0.322. The van der Waals surface area contributed by atoms with Gasteiger partial charge >= 0.3 is 0 Å². The van der Waals surface area contributed by atoms with Crippen LogP contribution in [0.25, 0.3) is 0 Å². The molecule has 0 aromatic heterocycles. The predicted octanol–water partition coefficient (Wildman–Crippen LogP) is 1.76. The Bertz CT molecular complexity index is 327. The van der Waals surface area contributed by atoms with Gasteiger partial charge < -0.3 is 9.84 Å². The third-order valence-electron chi connectivity index (χ3n) is 1.44. The van der Waals surface area contributed by atoms with E-state index in [1.165, 1.54) is 6.08 Å². The Morgan fingerprint density at radius 3 is 2.67 bits per heavy atom. The lowest BCUT2D eigenvalue weighted by atomic mass is 10.2. The molecule has 0 fully saturated rings. The van der Waals surface area contributed by atoms with E-state index in [9.17, 15) is 0 Å². The first kappa shape index (κ1) is 13.3. The number of rotatable bonds is 5. The van der Waals surface area contributed by atoms with Gasteiger partial charge in [-0.2, -0.15) is 5.26 Å². The molecule has 0 bridgehead atoms. The van der Waals surface area contributed by atoms with Gasteiger partial charge in [0.2, 0.25) is 0 Å². The summed E-state index contributed by atoms with van der Waals surface area (Å²) in [6, 6.07) is 1.99. The van der Waals surface area contributed by atoms with Gasteiger partial charge in [-0.25, -0.2) is 0 Å². The van der Waals surface area contributed by atoms with E-state index in [0.29, 0.717) is 17.8 Å². The Balaban J connectivity index is 4.83. The van der Waals surface area contributed by atoms with Gasteiger partial charge in [0.1, 0.15) is 11.8 Å². The third-order valence-corrected chi connectivity index (χ3v) is 1.44. The molecule has 0 aromatic rings. The van der Waals surface area contributed by atoms with Crippen LogP contribution in [-0.2, 0) is 4.74 Å². The molecule has 0 aliphatic rings. The van der Waals surface area contributed by atoms with Crippen molar-refractivity contribution in [2.24, 2.45) is 0 Å². The second kappa shape index (κ2) is 7.67. The van der Waals surface area contributed by atoms with Crippen LogP contribution < -0.4 is 0 Å². The van der Waals surface area contributed by atoms with Crippen LogP contribution in [-0.4, -0.2) is 17.8 Å². The van der Waals surface area contributed by atoms with Crippen LogP contribution in [0, 0.1) is 23.7 Å². The van der Waals surface area contributed by atoms with Crippen molar-refractivity contribution in [2.45, 2.75) is 26.4 Å². The molecule has 0 aliphatic carbocycles. The Morgan fingerprint density at radius 2 is 2.27 bits per heavy atom. The highest BCUT2D eigenvalue weighted by Gasteiger charge is 2.07. The summed E-state index contributed by atoms with van der Waals surface area (Å²) in [6.45, 7) is 3.70. The van der Waals surface area contributed by atoms with E-state index >= 15 is 0 Å². The van der Waals surface area contributed by atoms with Crippen molar-refractivity contribution < 1.29 is 9.84 Å². The molecule has 0 aliphatic heterocycles. The normalized spacial score (nSPS) is 12.1. The molecular weight excluding hydrogens is 190 g/mol. The standard InChI is InChI=1S/C12H15NO2/c1-4-6-12(15-10(2)3)11(9-13)7-5-8-14/h1,6-7,10,14H,5,8H2,2-3H3/b11-7-,12-6+. The van der Waals surface area contributed by atoms with Crippen LogP contribution >= 0.6 is 0 Å². The summed E-state index contributed by atoms with van der Waals surface area (Å²) in [4.78, 5) is 0. The van der Waals surface area contributed by atoms with Gasteiger partial charge in [0.25, 0.3) is 0 Å². The second-order valence-corrected chi connectivity index (χ2v) is 3.08. The minimum atomic E-state index is -0.0459. The maximum Gasteiger partial charge on any atom is 0.145 e. The first-order valence-corrected chi connectivity index (χ1v) is 4.70. The summed E-state index contributed by atoms with van der Waals surface area (Å²) in [5, 5.41) is 17.5. The molecule has 0 radical (unpaired) electrons. The first-order valence-electron chi connectivity index (χ1n) is 4.70. The molecule has 0 aromatic carbocycles. The van der Waals surface area contributed by atoms with Gasteiger partial charge in [-0.1, -0.05) is 12.0 Å². The topological polar surface area (TPSA) is 53.2 Å². The van der Waals surface area contributed by atoms with Crippen molar-refractivity contribution >= 4 is 0 Å². The molecule has 0 amide bonds. The summed E-state index contributed by atoms with van der Waals surface area (Å²) in [5.74, 6) is 2.70. The van der Waals surface area contributed by atoms with Crippen LogP contribution in [0.15, 0.2) is 23.5 Å². The minimum absolute atomic E-state index is 0.00378. The van der Waals surface area contributed by atoms with Crippen molar-refractivity contribution in [1.82, 2.24) is 0 Å². The average Bonchev–Trinajstić information content (AvgIpc) is 2.18. The molecule has 0 atom stereocenters. The maximum absolute atomic E-state index is 8.87. The van der Waals surface area contributed by atoms with Crippen molar-refractivity contribution in [3.8, 4) is 18.4 Å². The van der Waals surface area contributed by atoms with Gasteiger partial charge in [0, 0.05) is 12.7 Å². The molecule has 0 spiro atoms. The van der Waals surface area contributed by atoms with Crippen LogP contribution in [0.4, 0.5) is 0 Å². The number of hydrogen-bond donors (Lipinski definition) is 1. The highest BCUT2D eigenvalue weighted by Crippen LogP contribution is 2.13. The van der Waals surface area contributed by atoms with E-state index in [0.717, 1.165) is 0 Å². The van der Waals surface area contributed by atoms with E-state index in [-0.39, 0.29) is 12.7 Å². The average molecular weight is 205 g/mol. The SMILES string of the molecule is C#C/C=C(OC(C)C)\C(C#N)=C/CCO. The van der Waals surface area contributed by atoms with Crippen molar-refractivity contribution in [1.29, 1.82) is 5.26 Å². The molecule has 0 heterocycles. The van der Waals surface area contributed by atoms with Crippen molar-refractivity contribution in [3.05, 3.63) is 23.5 Å². The highest BCUT2D eigenvalue weighted by atomic mass is 16.5. The lowest BCUT2D eigenvalue weighted by Crippen LogP contribution is -2.04. The fraction of sp³-hybridized carbons (Fsp3) is 0.417. The van der Waals surface area contributed by atoms with E-state index in [1.807, 2.05) is 19.9 Å². The maximum atomic E-state index is 8.87. The number of nitriles is 1. The fourth-order valence-corrected chi connectivity index (χ4v) is 0.915. The molecule has 0 saturated carbocycles. The molecule has 0 saturated heterocycles. The van der Waals surface area contributed by atoms with E-state index < -0.39 is 0 Å². The van der Waals surface area contributed by atoms with Gasteiger partial charge in [-0.05, 0) is 20.3 Å². The number of hydrogen-bond acceptors (Lipinski definition) is 3. The van der Waals surface area contributed by atoms with Gasteiger partial charge in [-0.3, -0.25) is 0 Å². The smallest absolute Gasteiger partial charge is 0.145 e. The molecule has 80 valence electrons. The monoisotopic (exact) mass is 205 g/mol. The Kier molecular flexibility index (Phi) is 6.80. The summed E-state index contributed by atoms with van der Waals surface area (Å²) >= 11 is 0. The summed E-state index contributed by atoms with van der Waals surface area (Å²) < 4.78 is 5.39. The number of aliphatic hydroxyl groups is 1. The van der Waals surface area contributed by atoms with E-state index in [2.05, 4.69) is 5.92 Å². The van der Waals surface area contributed by atoms with Crippen LogP contribution in [0.1, 0.15) is 20.3 Å². The second-order valence-electron chi connectivity index (χ2n) is 3.08. The number of aliphatic hydroxyl groups excluding tert-OH is 1. The predicted molar refractivity (Wildman–Crippen MR) is 58.5 cm³/mol. The molecule has 15 heavy (non-hydrogen) atoms. The van der Waals surface area contributed by atoms with Crippen LogP contribution in [0.2, 0.25) is 0 Å². The van der Waals surface area contributed by atoms with Gasteiger partial charge in [-0.15, -0.1) is 6.42 Å². The lowest BCUT2D eigenvalue weighted by Gasteiger charge is -2.11. The van der Waals surface area contributed by atoms with E-state index in [4.69, 9.17) is 21.5 Å². The molecule has 0 rings (SSSR count). The largest absolute Gasteiger partial charge is 0.489 e. The number of nitrogens with zero attached hydrogens (tertiary/aromatic N) is 1. The Labute approximate surface area is 90.7 Å². The van der Waals surface area contributed by atoms with Crippen LogP contribution in [0.5, 0.6) is 0 Å². The Morgan fingerprint density at radius 1 is 1.60 bits per heavy atom. The molecule has 3 nitrogen and oxygen atoms in total. The lowest BCUT2D eigenvalue weighted by molar-refractivity contribution is 0.155. The first-order chi connectivity index (χ1) is 7.15. The van der Waals surface area contributed by atoms with Crippen molar-refractivity contribution in [3.63, 3.8) is 0 Å². The zero-order chi connectivity index (χ0) is 11.7. The van der Waals surface area contributed by atoms with E-state index in [1.54, 1.807) is 6.08 Å².